The van der Waals surface area contributed by atoms with Gasteiger partial charge in [-0.05, 0) is 13.8 Å². The number of hydrogen-bond donors (Lipinski definition) is 0. The first-order valence-corrected chi connectivity index (χ1v) is 4.22. The van der Waals surface area contributed by atoms with Gasteiger partial charge in [0.25, 0.3) is 0 Å². The Balaban J connectivity index is -0.0000000125. The molecule has 0 aliphatic carbocycles. The monoisotopic (exact) mass is 364 g/mol. The SMILES string of the molecule is C.CC.CC.CC=O.CCOC.[W]. The molecule has 3 heteroatoms. The quantitative estimate of drug-likeness (QED) is 0.666. The number of hydrogen-bond acceptors (Lipinski definition) is 2. The van der Waals surface area contributed by atoms with E-state index in [1.165, 1.54) is 6.92 Å². The third-order valence-corrected chi connectivity index (χ3v) is 0.289. The first kappa shape index (κ1) is 37.7. The van der Waals surface area contributed by atoms with Crippen molar-refractivity contribution in [3.05, 3.63) is 0 Å². The number of ether oxygens (including phenoxy) is 1. The maximum atomic E-state index is 8.81. The summed E-state index contributed by atoms with van der Waals surface area (Å²) in [5, 5.41) is 0. The molecule has 86 valence electrons. The molecule has 13 heavy (non-hydrogen) atoms. The smallest absolute Gasteiger partial charge is 0.116 e. The van der Waals surface area contributed by atoms with Crippen LogP contribution in [0.5, 0.6) is 0 Å². The molecular weight excluding hydrogens is 336 g/mol. The number of carbonyl (C=O) groups is 1. The van der Waals surface area contributed by atoms with Crippen LogP contribution < -0.4 is 0 Å². The van der Waals surface area contributed by atoms with Crippen LogP contribution in [0.25, 0.3) is 0 Å². The molecule has 0 aromatic rings. The molecule has 0 saturated heterocycles. The van der Waals surface area contributed by atoms with Crippen molar-refractivity contribution in [3.8, 4) is 0 Å². The summed E-state index contributed by atoms with van der Waals surface area (Å²) in [6, 6.07) is 0. The van der Waals surface area contributed by atoms with Crippen LogP contribution in [-0.4, -0.2) is 20.0 Å². The van der Waals surface area contributed by atoms with Crippen LogP contribution in [0.1, 0.15) is 49.0 Å². The number of rotatable bonds is 1. The summed E-state index contributed by atoms with van der Waals surface area (Å²) in [6.45, 7) is 12.2. The fourth-order valence-corrected chi connectivity index (χ4v) is 0. The molecule has 0 unspecified atom stereocenters. The Morgan fingerprint density at radius 3 is 1.23 bits per heavy atom. The second-order valence-corrected chi connectivity index (χ2v) is 0.813. The zero-order chi connectivity index (χ0) is 10.1. The van der Waals surface area contributed by atoms with E-state index < -0.39 is 0 Å². The van der Waals surface area contributed by atoms with Crippen molar-refractivity contribution in [2.45, 2.75) is 49.0 Å². The zero-order valence-electron chi connectivity index (χ0n) is 9.51. The van der Waals surface area contributed by atoms with E-state index in [2.05, 4.69) is 4.74 Å². The molecule has 0 saturated carbocycles. The van der Waals surface area contributed by atoms with Gasteiger partial charge in [0.05, 0.1) is 0 Å². The maximum Gasteiger partial charge on any atom is 0.116 e. The summed E-state index contributed by atoms with van der Waals surface area (Å²) in [5.74, 6) is 0. The van der Waals surface area contributed by atoms with Gasteiger partial charge < -0.3 is 9.53 Å². The molecule has 0 rings (SSSR count). The topological polar surface area (TPSA) is 26.3 Å². The van der Waals surface area contributed by atoms with E-state index in [1.54, 1.807) is 7.11 Å². The molecule has 0 heterocycles. The first-order chi connectivity index (χ1) is 5.33. The van der Waals surface area contributed by atoms with Gasteiger partial charge in [-0.3, -0.25) is 0 Å². The maximum absolute atomic E-state index is 8.81. The standard InChI is InChI=1S/C3H8O.C2H4O.2C2H6.CH4.W/c1-3-4-2;1-2-3;2*1-2;;/h3H2,1-2H3;2H,1H3;2*1-2H3;1H4;. The van der Waals surface area contributed by atoms with Crippen LogP contribution in [0.2, 0.25) is 0 Å². The van der Waals surface area contributed by atoms with Crippen molar-refractivity contribution in [1.82, 2.24) is 0 Å². The average molecular weight is 364 g/mol. The summed E-state index contributed by atoms with van der Waals surface area (Å²) >= 11 is 0. The Morgan fingerprint density at radius 2 is 1.23 bits per heavy atom. The second kappa shape index (κ2) is 143. The van der Waals surface area contributed by atoms with Crippen LogP contribution in [0.4, 0.5) is 0 Å². The minimum absolute atomic E-state index is 0. The molecule has 0 bridgehead atoms. The zero-order valence-corrected chi connectivity index (χ0v) is 12.4. The summed E-state index contributed by atoms with van der Waals surface area (Å²) in [5.41, 5.74) is 0. The Hall–Kier alpha value is 0.318. The molecule has 0 aromatic carbocycles. The van der Waals surface area contributed by atoms with Crippen LogP contribution in [-0.2, 0) is 30.6 Å². The summed E-state index contributed by atoms with van der Waals surface area (Å²) in [6.07, 6.45) is 0.750. The van der Waals surface area contributed by atoms with Gasteiger partial charge >= 0.3 is 0 Å². The van der Waals surface area contributed by atoms with Crippen LogP contribution >= 0.6 is 0 Å². The first-order valence-electron chi connectivity index (χ1n) is 4.22. The van der Waals surface area contributed by atoms with Gasteiger partial charge in [0.2, 0.25) is 0 Å². The molecule has 0 N–H and O–H groups in total. The molecule has 0 aliphatic rings. The van der Waals surface area contributed by atoms with Crippen LogP contribution in [0.15, 0.2) is 0 Å². The van der Waals surface area contributed by atoms with Gasteiger partial charge in [0.15, 0.2) is 0 Å². The number of carbonyl (C=O) groups excluding carboxylic acids is 1. The Morgan fingerprint density at radius 1 is 1.15 bits per heavy atom. The van der Waals surface area contributed by atoms with Crippen molar-refractivity contribution in [2.75, 3.05) is 13.7 Å². The van der Waals surface area contributed by atoms with E-state index in [0.29, 0.717) is 0 Å². The minimum Gasteiger partial charge on any atom is -0.385 e. The van der Waals surface area contributed by atoms with Crippen molar-refractivity contribution in [2.24, 2.45) is 0 Å². The van der Waals surface area contributed by atoms with Gasteiger partial charge in [0, 0.05) is 34.8 Å². The van der Waals surface area contributed by atoms with E-state index in [1.807, 2.05) is 34.6 Å². The fourth-order valence-electron chi connectivity index (χ4n) is 0. The van der Waals surface area contributed by atoms with E-state index >= 15 is 0 Å². The third-order valence-electron chi connectivity index (χ3n) is 0.289. The van der Waals surface area contributed by atoms with Crippen molar-refractivity contribution in [1.29, 1.82) is 0 Å². The van der Waals surface area contributed by atoms with Crippen LogP contribution in [0.3, 0.4) is 0 Å². The molecule has 0 radical (unpaired) electrons. The van der Waals surface area contributed by atoms with Gasteiger partial charge in [-0.15, -0.1) is 0 Å². The number of aldehydes is 1. The van der Waals surface area contributed by atoms with Gasteiger partial charge in [-0.1, -0.05) is 35.1 Å². The predicted molar refractivity (Wildman–Crippen MR) is 58.7 cm³/mol. The van der Waals surface area contributed by atoms with E-state index in [0.717, 1.165) is 12.9 Å². The van der Waals surface area contributed by atoms with E-state index in [9.17, 15) is 0 Å². The van der Waals surface area contributed by atoms with Gasteiger partial charge in [0.1, 0.15) is 6.29 Å². The third kappa shape index (κ3) is 755. The molecule has 0 aromatic heterocycles. The molecule has 0 atom stereocenters. The molecule has 2 nitrogen and oxygen atoms in total. The number of methoxy groups -OCH3 is 1. The van der Waals surface area contributed by atoms with Gasteiger partial charge in [-0.25, -0.2) is 0 Å². The molecule has 0 amide bonds. The average Bonchev–Trinajstić information content (AvgIpc) is 2.12. The van der Waals surface area contributed by atoms with Crippen molar-refractivity contribution in [3.63, 3.8) is 0 Å². The Labute approximate surface area is 99.7 Å². The summed E-state index contributed by atoms with van der Waals surface area (Å²) < 4.78 is 4.54. The van der Waals surface area contributed by atoms with E-state index in [-0.39, 0.29) is 28.5 Å². The van der Waals surface area contributed by atoms with Crippen molar-refractivity contribution >= 4 is 6.29 Å². The Kier molecular flexibility index (Phi) is 416. The largest absolute Gasteiger partial charge is 0.385 e. The van der Waals surface area contributed by atoms with E-state index in [4.69, 9.17) is 4.79 Å². The summed E-state index contributed by atoms with van der Waals surface area (Å²) in [7, 11) is 1.68. The Bertz CT molecular complexity index is 32.1. The molecule has 0 spiro atoms. The van der Waals surface area contributed by atoms with Crippen LogP contribution in [0, 0.1) is 0 Å². The summed E-state index contributed by atoms with van der Waals surface area (Å²) in [4.78, 5) is 8.81. The predicted octanol–water partition coefficient (Wildman–Crippen LogP) is 3.54. The molecule has 0 aliphatic heterocycles. The normalized spacial score (nSPS) is 4.23. The molecule has 0 fully saturated rings. The minimum atomic E-state index is 0. The molecular formula is C10H28O2W. The second-order valence-electron chi connectivity index (χ2n) is 0.813. The van der Waals surface area contributed by atoms with Crippen molar-refractivity contribution < 1.29 is 30.6 Å². The fraction of sp³-hybridized carbons (Fsp3) is 0.900. The van der Waals surface area contributed by atoms with Gasteiger partial charge in [-0.2, -0.15) is 0 Å².